The van der Waals surface area contributed by atoms with E-state index < -0.39 is 96.3 Å². The molecule has 0 bridgehead atoms. The minimum Gasteiger partial charge on any atom is -0.376 e. The SMILES string of the molecule is CN[C@@H](C)C(=O)NC(C(=O)N1CCC[C@H]1CN(CCc1ccccc1)C(=O)C(F)(F)F)[C@H](C)OCCCCCCO[C@@H](C)[C@H](NC(=O)[C@@H](C)NC)C(=O)N1CCC[C@H]1CN(CCc1ccccc1)C(=O)C(F)(F)F. The fraction of sp³-hybridized carbons (Fsp3) is 0.654. The minimum atomic E-state index is -5.12. The largest absolute Gasteiger partial charge is 0.471 e. The van der Waals surface area contributed by atoms with Crippen LogP contribution in [0.3, 0.4) is 0 Å². The predicted molar refractivity (Wildman–Crippen MR) is 265 cm³/mol. The van der Waals surface area contributed by atoms with Crippen LogP contribution in [-0.4, -0.2) is 182 Å². The molecule has 2 aliphatic heterocycles. The van der Waals surface area contributed by atoms with Crippen molar-refractivity contribution in [3.8, 4) is 0 Å². The Morgan fingerprint density at radius 3 is 1.26 bits per heavy atom. The Balaban J connectivity index is 1.33. The number of nitrogens with one attached hydrogen (secondary N) is 4. The molecule has 2 heterocycles. The predicted octanol–water partition coefficient (Wildman–Crippen LogP) is 4.79. The molecule has 2 fully saturated rings. The second-order valence-corrected chi connectivity index (χ2v) is 19.2. The van der Waals surface area contributed by atoms with Crippen molar-refractivity contribution in [1.82, 2.24) is 40.9 Å². The van der Waals surface area contributed by atoms with Crippen LogP contribution in [0, 0.1) is 0 Å². The summed E-state index contributed by atoms with van der Waals surface area (Å²) in [5, 5.41) is 11.2. The molecule has 1 unspecified atom stereocenters. The Morgan fingerprint density at radius 1 is 0.581 bits per heavy atom. The maximum absolute atomic E-state index is 14.3. The second kappa shape index (κ2) is 29.7. The standard InChI is InChI=1S/C52H76F6N8O8/c1-35(59-5)45(67)61-43(47(69)65-27-17-23-41(65)33-63(49(71)51(53,54)55)29-25-39-19-11-9-12-20-39)37(3)73-31-15-7-8-16-32-74-38(4)44(62-46(68)36(2)60-6)48(70)66-28-18-24-42(66)34-64(50(72)52(56,57)58)30-26-40-21-13-10-14-22-40/h9-14,19-22,35-38,41-44,59-60H,7-8,15-18,23-34H2,1-6H3,(H,61,67)(H,62,68)/t35-,36+,37-,38-,41-,42-,43?,44-/m0/s1. The number of rotatable bonds is 29. The first kappa shape index (κ1) is 61.2. The first-order valence-corrected chi connectivity index (χ1v) is 25.7. The van der Waals surface area contributed by atoms with E-state index >= 15 is 0 Å². The number of carbonyl (C=O) groups is 6. The third kappa shape index (κ3) is 18.8. The monoisotopic (exact) mass is 1050 g/mol. The molecule has 22 heteroatoms. The van der Waals surface area contributed by atoms with Gasteiger partial charge >= 0.3 is 24.2 Å². The third-order valence-electron chi connectivity index (χ3n) is 13.8. The summed E-state index contributed by atoms with van der Waals surface area (Å²) in [5.41, 5.74) is 1.51. The van der Waals surface area contributed by atoms with Crippen molar-refractivity contribution in [2.45, 2.75) is 153 Å². The van der Waals surface area contributed by atoms with Gasteiger partial charge in [-0.15, -0.1) is 0 Å². The van der Waals surface area contributed by atoms with Gasteiger partial charge in [0, 0.05) is 64.6 Å². The van der Waals surface area contributed by atoms with Crippen molar-refractivity contribution in [1.29, 1.82) is 0 Å². The smallest absolute Gasteiger partial charge is 0.376 e. The van der Waals surface area contributed by atoms with E-state index in [4.69, 9.17) is 9.47 Å². The van der Waals surface area contributed by atoms with E-state index in [1.807, 2.05) is 0 Å². The van der Waals surface area contributed by atoms with Gasteiger partial charge in [0.2, 0.25) is 23.6 Å². The molecular weight excluding hydrogens is 979 g/mol. The second-order valence-electron chi connectivity index (χ2n) is 19.2. The van der Waals surface area contributed by atoms with Crippen LogP contribution >= 0.6 is 0 Å². The van der Waals surface area contributed by atoms with Crippen LogP contribution < -0.4 is 21.3 Å². The molecule has 6 amide bonds. The van der Waals surface area contributed by atoms with E-state index in [-0.39, 0.29) is 65.3 Å². The Kier molecular flexibility index (Phi) is 24.6. The van der Waals surface area contributed by atoms with E-state index in [1.165, 1.54) is 9.80 Å². The Bertz CT molecular complexity index is 1940. The molecule has 2 aromatic rings. The van der Waals surface area contributed by atoms with Gasteiger partial charge in [-0.25, -0.2) is 0 Å². The highest BCUT2D eigenvalue weighted by Gasteiger charge is 2.46. The van der Waals surface area contributed by atoms with Crippen LogP contribution in [0.5, 0.6) is 0 Å². The first-order valence-electron chi connectivity index (χ1n) is 25.7. The zero-order chi connectivity index (χ0) is 54.6. The normalized spacial score (nSPS) is 18.5. The number of hydrogen-bond acceptors (Lipinski definition) is 10. The van der Waals surface area contributed by atoms with E-state index in [2.05, 4.69) is 21.3 Å². The molecule has 4 N–H and O–H groups in total. The maximum atomic E-state index is 14.3. The molecule has 0 aliphatic carbocycles. The van der Waals surface area contributed by atoms with E-state index in [0.29, 0.717) is 51.4 Å². The van der Waals surface area contributed by atoms with Crippen molar-refractivity contribution in [2.24, 2.45) is 0 Å². The van der Waals surface area contributed by atoms with Gasteiger partial charge in [-0.05, 0) is 104 Å². The number of likely N-dealkylation sites (N-methyl/N-ethyl adjacent to an activating group) is 2. The maximum Gasteiger partial charge on any atom is 0.471 e. The first-order chi connectivity index (χ1) is 35.1. The molecule has 0 spiro atoms. The Labute approximate surface area is 431 Å². The molecule has 8 atom stereocenters. The molecular formula is C52H76F6N8O8. The quantitative estimate of drug-likeness (QED) is 0.0654. The summed E-state index contributed by atoms with van der Waals surface area (Å²) in [6.45, 7) is 6.21. The average Bonchev–Trinajstić information content (AvgIpc) is 4.06. The van der Waals surface area contributed by atoms with Crippen LogP contribution in [0.15, 0.2) is 60.7 Å². The molecule has 2 aliphatic rings. The van der Waals surface area contributed by atoms with Gasteiger partial charge in [0.25, 0.3) is 0 Å². The molecule has 0 saturated carbocycles. The lowest BCUT2D eigenvalue weighted by Gasteiger charge is -2.35. The number of alkyl halides is 6. The van der Waals surface area contributed by atoms with Gasteiger partial charge in [0.05, 0.1) is 24.3 Å². The van der Waals surface area contributed by atoms with E-state index in [0.717, 1.165) is 20.9 Å². The molecule has 0 aromatic heterocycles. The van der Waals surface area contributed by atoms with Gasteiger partial charge in [-0.2, -0.15) is 26.3 Å². The number of benzene rings is 2. The molecule has 0 radical (unpaired) electrons. The zero-order valence-electron chi connectivity index (χ0n) is 43.4. The fourth-order valence-electron chi connectivity index (χ4n) is 9.09. The van der Waals surface area contributed by atoms with Crippen molar-refractivity contribution in [3.05, 3.63) is 71.8 Å². The third-order valence-corrected chi connectivity index (χ3v) is 13.8. The van der Waals surface area contributed by atoms with Crippen molar-refractivity contribution in [2.75, 3.05) is 66.6 Å². The topological polar surface area (TPSA) is 182 Å². The van der Waals surface area contributed by atoms with Gasteiger partial charge in [0.15, 0.2) is 0 Å². The number of ether oxygens (including phenoxy) is 2. The summed E-state index contributed by atoms with van der Waals surface area (Å²) in [4.78, 5) is 84.4. The van der Waals surface area contributed by atoms with Crippen molar-refractivity contribution in [3.63, 3.8) is 0 Å². The van der Waals surface area contributed by atoms with Gasteiger partial charge in [-0.3, -0.25) is 28.8 Å². The molecule has 74 heavy (non-hydrogen) atoms. The number of hydrogen-bond donors (Lipinski definition) is 4. The van der Waals surface area contributed by atoms with Crippen LogP contribution in [0.2, 0.25) is 0 Å². The lowest BCUT2D eigenvalue weighted by Crippen LogP contribution is -2.59. The molecule has 4 rings (SSSR count). The van der Waals surface area contributed by atoms with Crippen LogP contribution in [0.4, 0.5) is 26.3 Å². The molecule has 414 valence electrons. The highest BCUT2D eigenvalue weighted by Crippen LogP contribution is 2.27. The van der Waals surface area contributed by atoms with Gasteiger partial charge < -0.3 is 50.3 Å². The van der Waals surface area contributed by atoms with Gasteiger partial charge in [0.1, 0.15) is 12.1 Å². The summed E-state index contributed by atoms with van der Waals surface area (Å²) in [7, 11) is 3.16. The Morgan fingerprint density at radius 2 is 0.932 bits per heavy atom. The molecule has 16 nitrogen and oxygen atoms in total. The molecule has 2 aromatic carbocycles. The minimum absolute atomic E-state index is 0.181. The molecule has 2 saturated heterocycles. The van der Waals surface area contributed by atoms with Crippen molar-refractivity contribution < 1.29 is 64.6 Å². The van der Waals surface area contributed by atoms with Crippen LogP contribution in [0.25, 0.3) is 0 Å². The van der Waals surface area contributed by atoms with Crippen LogP contribution in [-0.2, 0) is 51.1 Å². The lowest BCUT2D eigenvalue weighted by atomic mass is 10.1. The summed E-state index contributed by atoms with van der Waals surface area (Å²) >= 11 is 0. The highest BCUT2D eigenvalue weighted by atomic mass is 19.4. The number of unbranched alkanes of at least 4 members (excludes halogenated alkanes) is 3. The summed E-state index contributed by atoms with van der Waals surface area (Å²) in [5.74, 6) is -6.01. The number of likely N-dealkylation sites (tertiary alicyclic amines) is 2. The lowest BCUT2D eigenvalue weighted by molar-refractivity contribution is -0.186. The number of carbonyl (C=O) groups excluding carboxylic acids is 6. The van der Waals surface area contributed by atoms with Gasteiger partial charge in [-0.1, -0.05) is 73.5 Å². The number of halogens is 6. The number of amides is 6. The summed E-state index contributed by atoms with van der Waals surface area (Å²) < 4.78 is 95.1. The average molecular weight is 1060 g/mol. The fourth-order valence-corrected chi connectivity index (χ4v) is 9.09. The summed E-state index contributed by atoms with van der Waals surface area (Å²) in [6.07, 6.45) is -7.49. The Hall–Kier alpha value is -5.32. The van der Waals surface area contributed by atoms with Crippen molar-refractivity contribution >= 4 is 35.4 Å². The zero-order valence-corrected chi connectivity index (χ0v) is 43.4. The van der Waals surface area contributed by atoms with Crippen LogP contribution in [0.1, 0.15) is 90.2 Å². The van der Waals surface area contributed by atoms with E-state index in [1.54, 1.807) is 102 Å². The highest BCUT2D eigenvalue weighted by molar-refractivity contribution is 5.91. The van der Waals surface area contributed by atoms with E-state index in [9.17, 15) is 55.1 Å². The summed E-state index contributed by atoms with van der Waals surface area (Å²) in [6, 6.07) is 12.4. The number of nitrogens with zero attached hydrogens (tertiary/aromatic N) is 4.